The Kier molecular flexibility index (Phi) is 6.55. The van der Waals surface area contributed by atoms with E-state index in [1.807, 2.05) is 0 Å². The Labute approximate surface area is 129 Å². The molecule has 8 heteroatoms. The molecule has 0 amide bonds. The van der Waals surface area contributed by atoms with Crippen LogP contribution in [0.4, 0.5) is 13.2 Å². The highest BCUT2D eigenvalue weighted by Gasteiger charge is 2.38. The molecule has 1 atom stereocenters. The summed E-state index contributed by atoms with van der Waals surface area (Å²) in [5.41, 5.74) is -1.50. The zero-order valence-corrected chi connectivity index (χ0v) is 12.3. The van der Waals surface area contributed by atoms with E-state index in [9.17, 15) is 22.8 Å². The highest BCUT2D eigenvalue weighted by atomic mass is 35.5. The van der Waals surface area contributed by atoms with Gasteiger partial charge in [-0.25, -0.2) is 0 Å². The number of carbonyl (C=O) groups is 2. The fourth-order valence-corrected chi connectivity index (χ4v) is 1.65. The number of rotatable bonds is 7. The molecular weight excluding hydrogens is 323 g/mol. The van der Waals surface area contributed by atoms with Crippen LogP contribution in [0, 0.1) is 5.92 Å². The standard InChI is InChI=1S/C14H13ClF3NO3/c1-2-12(21)10(7-20)8-22-19-13(14(16,17)18)9-3-5-11(15)6-4-9/h3-7,10H,2,8H2,1H3. The molecule has 0 aliphatic carbocycles. The number of alkyl halides is 3. The van der Waals surface area contributed by atoms with Crippen molar-refractivity contribution >= 4 is 29.4 Å². The molecular formula is C14H13ClF3NO3. The minimum Gasteiger partial charge on any atom is -0.394 e. The van der Waals surface area contributed by atoms with Crippen LogP contribution < -0.4 is 0 Å². The summed E-state index contributed by atoms with van der Waals surface area (Å²) in [6, 6.07) is 4.86. The minimum atomic E-state index is -4.75. The number of halogens is 4. The van der Waals surface area contributed by atoms with E-state index in [2.05, 4.69) is 9.99 Å². The summed E-state index contributed by atoms with van der Waals surface area (Å²) in [6.07, 6.45) is -4.34. The van der Waals surface area contributed by atoms with Gasteiger partial charge in [-0.1, -0.05) is 35.8 Å². The van der Waals surface area contributed by atoms with Crippen LogP contribution in [-0.4, -0.2) is 30.6 Å². The number of oxime groups is 1. The van der Waals surface area contributed by atoms with Crippen LogP contribution in [0.25, 0.3) is 0 Å². The van der Waals surface area contributed by atoms with E-state index in [-0.39, 0.29) is 17.0 Å². The minimum absolute atomic E-state index is 0.0831. The molecule has 0 spiro atoms. The topological polar surface area (TPSA) is 55.7 Å². The monoisotopic (exact) mass is 335 g/mol. The normalized spacial score (nSPS) is 13.6. The maximum absolute atomic E-state index is 13.0. The van der Waals surface area contributed by atoms with E-state index in [0.717, 1.165) is 12.1 Å². The molecule has 0 saturated carbocycles. The van der Waals surface area contributed by atoms with E-state index in [1.54, 1.807) is 0 Å². The van der Waals surface area contributed by atoms with Crippen LogP contribution in [-0.2, 0) is 14.4 Å². The lowest BCUT2D eigenvalue weighted by atomic mass is 10.1. The van der Waals surface area contributed by atoms with Crippen molar-refractivity contribution in [1.29, 1.82) is 0 Å². The quantitative estimate of drug-likeness (QED) is 0.332. The van der Waals surface area contributed by atoms with Gasteiger partial charge in [0.2, 0.25) is 0 Å². The molecule has 1 rings (SSSR count). The maximum atomic E-state index is 13.0. The Hall–Kier alpha value is -1.89. The van der Waals surface area contributed by atoms with E-state index < -0.39 is 30.2 Å². The Balaban J connectivity index is 2.92. The van der Waals surface area contributed by atoms with Gasteiger partial charge in [0.1, 0.15) is 24.6 Å². The number of ketones is 1. The SMILES string of the molecule is CCC(=O)C(C=O)CON=C(c1ccc(Cl)cc1)C(F)(F)F. The fourth-order valence-electron chi connectivity index (χ4n) is 1.53. The number of hydrogen-bond donors (Lipinski definition) is 0. The summed E-state index contributed by atoms with van der Waals surface area (Å²) in [5, 5.41) is 3.32. The van der Waals surface area contributed by atoms with Gasteiger partial charge in [0, 0.05) is 17.0 Å². The molecule has 0 aromatic heterocycles. The van der Waals surface area contributed by atoms with Crippen molar-refractivity contribution in [2.75, 3.05) is 6.61 Å². The summed E-state index contributed by atoms with van der Waals surface area (Å²) in [7, 11) is 0. The smallest absolute Gasteiger partial charge is 0.394 e. The first-order valence-electron chi connectivity index (χ1n) is 6.30. The van der Waals surface area contributed by atoms with Crippen molar-refractivity contribution in [3.8, 4) is 0 Å². The van der Waals surface area contributed by atoms with Crippen molar-refractivity contribution in [2.45, 2.75) is 19.5 Å². The summed E-state index contributed by atoms with van der Waals surface area (Å²) in [6.45, 7) is 1.00. The Morgan fingerprint density at radius 1 is 1.36 bits per heavy atom. The molecule has 1 aromatic rings. The van der Waals surface area contributed by atoms with Gasteiger partial charge in [-0.15, -0.1) is 0 Å². The average molecular weight is 336 g/mol. The van der Waals surface area contributed by atoms with Crippen molar-refractivity contribution in [3.05, 3.63) is 34.9 Å². The summed E-state index contributed by atoms with van der Waals surface area (Å²) in [4.78, 5) is 26.6. The number of hydrogen-bond acceptors (Lipinski definition) is 4. The maximum Gasteiger partial charge on any atom is 0.437 e. The van der Waals surface area contributed by atoms with Gasteiger partial charge in [0.25, 0.3) is 0 Å². The van der Waals surface area contributed by atoms with Crippen molar-refractivity contribution in [2.24, 2.45) is 11.1 Å². The molecule has 0 radical (unpaired) electrons. The number of nitrogens with zero attached hydrogens (tertiary/aromatic N) is 1. The number of Topliss-reactive ketones (excluding diaryl/α,β-unsaturated/α-hetero) is 1. The third-order valence-electron chi connectivity index (χ3n) is 2.72. The average Bonchev–Trinajstić information content (AvgIpc) is 2.47. The van der Waals surface area contributed by atoms with Crippen molar-refractivity contribution in [1.82, 2.24) is 0 Å². The van der Waals surface area contributed by atoms with Crippen LogP contribution in [0.1, 0.15) is 18.9 Å². The molecule has 0 saturated heterocycles. The number of benzene rings is 1. The molecule has 0 aliphatic heterocycles. The van der Waals surface area contributed by atoms with E-state index in [4.69, 9.17) is 11.6 Å². The molecule has 0 N–H and O–H groups in total. The summed E-state index contributed by atoms with van der Waals surface area (Å²) in [5.74, 6) is -1.56. The zero-order valence-electron chi connectivity index (χ0n) is 11.6. The second-order valence-electron chi connectivity index (χ2n) is 4.30. The van der Waals surface area contributed by atoms with Gasteiger partial charge >= 0.3 is 6.18 Å². The predicted molar refractivity (Wildman–Crippen MR) is 74.8 cm³/mol. The summed E-state index contributed by atoms with van der Waals surface area (Å²) >= 11 is 5.62. The second kappa shape index (κ2) is 7.93. The van der Waals surface area contributed by atoms with Crippen LogP contribution in [0.3, 0.4) is 0 Å². The Morgan fingerprint density at radius 2 is 1.95 bits per heavy atom. The Bertz CT molecular complexity index is 555. The zero-order chi connectivity index (χ0) is 16.8. The first-order chi connectivity index (χ1) is 10.3. The van der Waals surface area contributed by atoms with Crippen molar-refractivity contribution in [3.63, 3.8) is 0 Å². The van der Waals surface area contributed by atoms with E-state index in [0.29, 0.717) is 6.29 Å². The van der Waals surface area contributed by atoms with Crippen molar-refractivity contribution < 1.29 is 27.6 Å². The first-order valence-corrected chi connectivity index (χ1v) is 6.68. The predicted octanol–water partition coefficient (Wildman–Crippen LogP) is 3.42. The van der Waals surface area contributed by atoms with Crippen LogP contribution in [0.2, 0.25) is 5.02 Å². The van der Waals surface area contributed by atoms with Gasteiger partial charge in [-0.05, 0) is 12.1 Å². The molecule has 22 heavy (non-hydrogen) atoms. The third-order valence-corrected chi connectivity index (χ3v) is 2.97. The molecule has 1 aromatic carbocycles. The third kappa shape index (κ3) is 5.14. The van der Waals surface area contributed by atoms with Crippen LogP contribution in [0.15, 0.2) is 29.4 Å². The highest BCUT2D eigenvalue weighted by Crippen LogP contribution is 2.24. The lowest BCUT2D eigenvalue weighted by Gasteiger charge is -2.11. The number of aldehydes is 1. The molecule has 0 bridgehead atoms. The second-order valence-corrected chi connectivity index (χ2v) is 4.74. The molecule has 1 unspecified atom stereocenters. The van der Waals surface area contributed by atoms with Gasteiger partial charge < -0.3 is 9.63 Å². The number of carbonyl (C=O) groups excluding carboxylic acids is 2. The van der Waals surface area contributed by atoms with Crippen LogP contribution >= 0.6 is 11.6 Å². The van der Waals surface area contributed by atoms with Gasteiger partial charge in [0.15, 0.2) is 5.71 Å². The van der Waals surface area contributed by atoms with Crippen LogP contribution in [0.5, 0.6) is 0 Å². The first kappa shape index (κ1) is 18.2. The molecule has 0 fully saturated rings. The lowest BCUT2D eigenvalue weighted by Crippen LogP contribution is -2.26. The molecule has 0 heterocycles. The van der Waals surface area contributed by atoms with Gasteiger partial charge in [-0.3, -0.25) is 4.79 Å². The van der Waals surface area contributed by atoms with Gasteiger partial charge in [-0.2, -0.15) is 13.2 Å². The van der Waals surface area contributed by atoms with E-state index >= 15 is 0 Å². The molecule has 120 valence electrons. The fraction of sp³-hybridized carbons (Fsp3) is 0.357. The molecule has 4 nitrogen and oxygen atoms in total. The van der Waals surface area contributed by atoms with E-state index in [1.165, 1.54) is 19.1 Å². The highest BCUT2D eigenvalue weighted by molar-refractivity contribution is 6.30. The van der Waals surface area contributed by atoms with Gasteiger partial charge in [0.05, 0.1) is 0 Å². The lowest BCUT2D eigenvalue weighted by molar-refractivity contribution is -0.129. The summed E-state index contributed by atoms with van der Waals surface area (Å²) < 4.78 is 38.9. The Morgan fingerprint density at radius 3 is 2.41 bits per heavy atom. The molecule has 0 aliphatic rings. The largest absolute Gasteiger partial charge is 0.437 e.